The molecular weight excluding hydrogens is 190 g/mol. The molecule has 0 fully saturated rings. The third-order valence-electron chi connectivity index (χ3n) is 2.20. The molecule has 0 saturated heterocycles. The minimum atomic E-state index is 0.405. The van der Waals surface area contributed by atoms with Gasteiger partial charge in [0.1, 0.15) is 12.4 Å². The molecule has 15 heavy (non-hydrogen) atoms. The zero-order chi connectivity index (χ0) is 10.7. The average Bonchev–Trinajstić information content (AvgIpc) is 2.28. The van der Waals surface area contributed by atoms with E-state index in [0.29, 0.717) is 13.2 Å². The molecular formula is C11H11N3O. The second kappa shape index (κ2) is 4.03. The molecule has 1 aromatic rings. The van der Waals surface area contributed by atoms with Gasteiger partial charge in [-0.05, 0) is 17.7 Å². The van der Waals surface area contributed by atoms with E-state index in [0.717, 1.165) is 22.7 Å². The third-order valence-corrected chi connectivity index (χ3v) is 2.20. The number of ether oxygens (including phenoxy) is 1. The molecule has 1 aliphatic rings. The molecule has 0 bridgehead atoms. The lowest BCUT2D eigenvalue weighted by Crippen LogP contribution is -2.16. The highest BCUT2D eigenvalue weighted by atomic mass is 16.5. The first-order valence-electron chi connectivity index (χ1n) is 4.65. The van der Waals surface area contributed by atoms with E-state index in [2.05, 4.69) is 5.32 Å². The monoisotopic (exact) mass is 201 g/mol. The van der Waals surface area contributed by atoms with Gasteiger partial charge in [0.15, 0.2) is 0 Å². The van der Waals surface area contributed by atoms with E-state index in [4.69, 9.17) is 15.7 Å². The number of hydrogen-bond donors (Lipinski definition) is 2. The zero-order valence-electron chi connectivity index (χ0n) is 8.16. The van der Waals surface area contributed by atoms with Crippen LogP contribution in [0.1, 0.15) is 5.56 Å². The Morgan fingerprint density at radius 2 is 2.47 bits per heavy atom. The van der Waals surface area contributed by atoms with Crippen molar-refractivity contribution in [2.24, 2.45) is 5.73 Å². The van der Waals surface area contributed by atoms with Crippen molar-refractivity contribution in [3.05, 3.63) is 35.5 Å². The maximum atomic E-state index is 8.53. The quantitative estimate of drug-likeness (QED) is 0.673. The summed E-state index contributed by atoms with van der Waals surface area (Å²) in [5.41, 5.74) is 8.20. The number of nitrogens with one attached hydrogen (secondary N) is 1. The van der Waals surface area contributed by atoms with Gasteiger partial charge in [-0.25, -0.2) is 0 Å². The van der Waals surface area contributed by atoms with Crippen LogP contribution >= 0.6 is 0 Å². The number of nitriles is 1. The first-order chi connectivity index (χ1) is 7.33. The standard InChI is InChI=1S/C11H11N3O/c12-4-3-9-7-15-11-2-1-8(6-13)5-10(11)14-9/h1-3,5,14H,6-7,13H2/b9-3+. The van der Waals surface area contributed by atoms with E-state index in [9.17, 15) is 0 Å². The Morgan fingerprint density at radius 3 is 3.20 bits per heavy atom. The number of nitrogens with zero attached hydrogens (tertiary/aromatic N) is 1. The number of rotatable bonds is 1. The molecule has 1 aromatic carbocycles. The van der Waals surface area contributed by atoms with Crippen molar-refractivity contribution in [2.45, 2.75) is 6.54 Å². The van der Waals surface area contributed by atoms with Crippen LogP contribution in [-0.2, 0) is 6.54 Å². The van der Waals surface area contributed by atoms with Crippen molar-refractivity contribution in [3.8, 4) is 11.8 Å². The molecule has 4 nitrogen and oxygen atoms in total. The van der Waals surface area contributed by atoms with Crippen LogP contribution in [-0.4, -0.2) is 6.61 Å². The van der Waals surface area contributed by atoms with Crippen LogP contribution in [0.4, 0.5) is 5.69 Å². The summed E-state index contributed by atoms with van der Waals surface area (Å²) in [4.78, 5) is 0. The van der Waals surface area contributed by atoms with E-state index >= 15 is 0 Å². The first-order valence-corrected chi connectivity index (χ1v) is 4.65. The predicted molar refractivity (Wildman–Crippen MR) is 57.1 cm³/mol. The van der Waals surface area contributed by atoms with Crippen molar-refractivity contribution in [2.75, 3.05) is 11.9 Å². The largest absolute Gasteiger partial charge is 0.485 e. The fourth-order valence-corrected chi connectivity index (χ4v) is 1.45. The summed E-state index contributed by atoms with van der Waals surface area (Å²) in [6.07, 6.45) is 1.44. The SMILES string of the molecule is N#C/C=C1\COc2ccc(CN)cc2N1. The van der Waals surface area contributed by atoms with Gasteiger partial charge in [0.25, 0.3) is 0 Å². The Labute approximate surface area is 88.0 Å². The van der Waals surface area contributed by atoms with E-state index in [1.165, 1.54) is 6.08 Å². The van der Waals surface area contributed by atoms with Gasteiger partial charge < -0.3 is 15.8 Å². The van der Waals surface area contributed by atoms with Gasteiger partial charge in [-0.3, -0.25) is 0 Å². The van der Waals surface area contributed by atoms with Crippen LogP contribution in [0.2, 0.25) is 0 Å². The van der Waals surface area contributed by atoms with Crippen molar-refractivity contribution in [3.63, 3.8) is 0 Å². The highest BCUT2D eigenvalue weighted by Gasteiger charge is 2.13. The molecule has 2 rings (SSSR count). The summed E-state index contributed by atoms with van der Waals surface area (Å²) < 4.78 is 5.47. The molecule has 1 aliphatic heterocycles. The Hall–Kier alpha value is -1.99. The lowest BCUT2D eigenvalue weighted by molar-refractivity contribution is 0.346. The molecule has 4 heteroatoms. The van der Waals surface area contributed by atoms with E-state index in [-0.39, 0.29) is 0 Å². The number of nitrogens with two attached hydrogens (primary N) is 1. The summed E-state index contributed by atoms with van der Waals surface area (Å²) in [6, 6.07) is 7.71. The fourth-order valence-electron chi connectivity index (χ4n) is 1.45. The average molecular weight is 201 g/mol. The maximum Gasteiger partial charge on any atom is 0.143 e. The number of benzene rings is 1. The second-order valence-electron chi connectivity index (χ2n) is 3.25. The first kappa shape index (κ1) is 9.56. The van der Waals surface area contributed by atoms with E-state index in [1.54, 1.807) is 0 Å². The highest BCUT2D eigenvalue weighted by molar-refractivity contribution is 5.63. The number of hydrogen-bond acceptors (Lipinski definition) is 4. The molecule has 0 atom stereocenters. The van der Waals surface area contributed by atoms with Crippen molar-refractivity contribution < 1.29 is 4.74 Å². The summed E-state index contributed by atoms with van der Waals surface area (Å²) in [5, 5.41) is 11.7. The van der Waals surface area contributed by atoms with Crippen molar-refractivity contribution in [1.29, 1.82) is 5.26 Å². The fraction of sp³-hybridized carbons (Fsp3) is 0.182. The summed E-state index contributed by atoms with van der Waals surface area (Å²) in [6.45, 7) is 0.898. The number of fused-ring (bicyclic) bond motifs is 1. The van der Waals surface area contributed by atoms with E-state index < -0.39 is 0 Å². The molecule has 0 unspecified atom stereocenters. The van der Waals surface area contributed by atoms with Gasteiger partial charge in [0.05, 0.1) is 17.5 Å². The van der Waals surface area contributed by atoms with Crippen LogP contribution in [0.3, 0.4) is 0 Å². The Morgan fingerprint density at radius 1 is 1.60 bits per heavy atom. The Balaban J connectivity index is 2.32. The summed E-state index contributed by atoms with van der Waals surface area (Å²) in [5.74, 6) is 0.794. The van der Waals surface area contributed by atoms with E-state index in [1.807, 2.05) is 24.3 Å². The summed E-state index contributed by atoms with van der Waals surface area (Å²) >= 11 is 0. The minimum absolute atomic E-state index is 0.405. The van der Waals surface area contributed by atoms with Crippen LogP contribution in [0.5, 0.6) is 5.75 Å². The topological polar surface area (TPSA) is 71.1 Å². The van der Waals surface area contributed by atoms with Gasteiger partial charge in [0, 0.05) is 12.6 Å². The van der Waals surface area contributed by atoms with Crippen LogP contribution in [0.25, 0.3) is 0 Å². The van der Waals surface area contributed by atoms with Gasteiger partial charge in [-0.15, -0.1) is 0 Å². The smallest absolute Gasteiger partial charge is 0.143 e. The van der Waals surface area contributed by atoms with Crippen LogP contribution < -0.4 is 15.8 Å². The van der Waals surface area contributed by atoms with Gasteiger partial charge in [-0.2, -0.15) is 5.26 Å². The Kier molecular flexibility index (Phi) is 2.57. The molecule has 0 amide bonds. The highest BCUT2D eigenvalue weighted by Crippen LogP contribution is 2.30. The molecule has 0 saturated carbocycles. The molecule has 1 heterocycles. The minimum Gasteiger partial charge on any atom is -0.485 e. The lowest BCUT2D eigenvalue weighted by atomic mass is 10.1. The second-order valence-corrected chi connectivity index (χ2v) is 3.25. The van der Waals surface area contributed by atoms with Crippen molar-refractivity contribution in [1.82, 2.24) is 0 Å². The molecule has 76 valence electrons. The number of allylic oxidation sites excluding steroid dienone is 1. The molecule has 0 aromatic heterocycles. The van der Waals surface area contributed by atoms with Gasteiger partial charge in [0.2, 0.25) is 0 Å². The van der Waals surface area contributed by atoms with Crippen LogP contribution in [0.15, 0.2) is 30.0 Å². The molecule has 0 radical (unpaired) electrons. The van der Waals surface area contributed by atoms with Crippen LogP contribution in [0, 0.1) is 11.3 Å². The normalized spacial score (nSPS) is 16.1. The predicted octanol–water partition coefficient (Wildman–Crippen LogP) is 1.36. The molecule has 3 N–H and O–H groups in total. The Bertz CT molecular complexity index is 446. The molecule has 0 aliphatic carbocycles. The lowest BCUT2D eigenvalue weighted by Gasteiger charge is -2.21. The third kappa shape index (κ3) is 1.92. The number of anilines is 1. The van der Waals surface area contributed by atoms with Crippen molar-refractivity contribution >= 4 is 5.69 Å². The zero-order valence-corrected chi connectivity index (χ0v) is 8.16. The molecule has 0 spiro atoms. The summed E-state index contributed by atoms with van der Waals surface area (Å²) in [7, 11) is 0. The maximum absolute atomic E-state index is 8.53. The van der Waals surface area contributed by atoms with Gasteiger partial charge in [-0.1, -0.05) is 6.07 Å². The van der Waals surface area contributed by atoms with Gasteiger partial charge >= 0.3 is 0 Å².